The van der Waals surface area contributed by atoms with Crippen molar-refractivity contribution in [3.63, 3.8) is 0 Å². The van der Waals surface area contributed by atoms with Crippen LogP contribution in [0.15, 0.2) is 36.2 Å². The lowest BCUT2D eigenvalue weighted by molar-refractivity contribution is -0.181. The van der Waals surface area contributed by atoms with Gasteiger partial charge < -0.3 is 25.6 Å². The number of ether oxygens (including phenoxy) is 1. The fourth-order valence-electron chi connectivity index (χ4n) is 6.79. The third-order valence-corrected chi connectivity index (χ3v) is 8.93. The number of nitrogens with zero attached hydrogens (tertiary/aromatic N) is 3. The van der Waals surface area contributed by atoms with Crippen molar-refractivity contribution in [1.29, 1.82) is 0 Å². The van der Waals surface area contributed by atoms with E-state index in [4.69, 9.17) is 10.5 Å². The van der Waals surface area contributed by atoms with E-state index < -0.39 is 11.4 Å². The van der Waals surface area contributed by atoms with Gasteiger partial charge in [-0.1, -0.05) is 29.7 Å². The van der Waals surface area contributed by atoms with E-state index in [9.17, 15) is 18.4 Å². The Kier molecular flexibility index (Phi) is 11.1. The number of terminal acetylenes is 1. The second-order valence-electron chi connectivity index (χ2n) is 11.3. The molecule has 1 aliphatic carbocycles. The Labute approximate surface area is 250 Å². The zero-order chi connectivity index (χ0) is 31.2. The lowest BCUT2D eigenvalue weighted by Gasteiger charge is -2.54. The second-order valence-corrected chi connectivity index (χ2v) is 12.0. The molecule has 2 saturated heterocycles. The molecular formula is C31H44F2N5O3P. The molecule has 3 N–H and O–H groups in total. The number of carbonyl (C=O) groups excluding carboxylic acids is 2. The highest BCUT2D eigenvalue weighted by atomic mass is 31.0. The van der Waals surface area contributed by atoms with Crippen LogP contribution in [0.4, 0.5) is 14.5 Å². The first-order chi connectivity index (χ1) is 20.0. The molecule has 3 unspecified atom stereocenters. The molecule has 1 aromatic rings. The number of pyridine rings is 1. The maximum absolute atomic E-state index is 13.8. The summed E-state index contributed by atoms with van der Waals surface area (Å²) in [5, 5.41) is 3.34. The number of amides is 2. The van der Waals surface area contributed by atoms with Crippen molar-refractivity contribution in [3.05, 3.63) is 47.4 Å². The van der Waals surface area contributed by atoms with Crippen LogP contribution < -0.4 is 11.1 Å². The van der Waals surface area contributed by atoms with Crippen molar-refractivity contribution < 1.29 is 23.1 Å². The third kappa shape index (κ3) is 6.95. The first kappa shape index (κ1) is 33.5. The van der Waals surface area contributed by atoms with Crippen LogP contribution in [0.5, 0.6) is 0 Å². The Bertz CT molecular complexity index is 1200. The molecule has 2 amide bonds. The summed E-state index contributed by atoms with van der Waals surface area (Å²) in [5.41, 5.74) is 4.95. The number of hydrogen-bond donors (Lipinski definition) is 2. The predicted molar refractivity (Wildman–Crippen MR) is 164 cm³/mol. The average molecular weight is 604 g/mol. The quantitative estimate of drug-likeness (QED) is 0.284. The van der Waals surface area contributed by atoms with Crippen LogP contribution >= 0.6 is 9.24 Å². The molecular weight excluding hydrogens is 559 g/mol. The van der Waals surface area contributed by atoms with Crippen LogP contribution in [-0.4, -0.2) is 72.5 Å². The zero-order valence-electron chi connectivity index (χ0n) is 24.9. The Hall–Kier alpha value is -3.02. The van der Waals surface area contributed by atoms with E-state index in [2.05, 4.69) is 29.7 Å². The van der Waals surface area contributed by atoms with Crippen molar-refractivity contribution >= 4 is 26.7 Å². The highest BCUT2D eigenvalue weighted by molar-refractivity contribution is 7.17. The van der Waals surface area contributed by atoms with Crippen molar-refractivity contribution in [2.24, 2.45) is 17.3 Å². The number of halogens is 2. The van der Waals surface area contributed by atoms with Gasteiger partial charge >= 0.3 is 0 Å². The first-order valence-electron chi connectivity index (χ1n) is 14.5. The Morgan fingerprint density at radius 2 is 1.95 bits per heavy atom. The molecule has 3 atom stereocenters. The molecule has 230 valence electrons. The first-order valence-corrected chi connectivity index (χ1v) is 15.1. The van der Waals surface area contributed by atoms with Crippen LogP contribution in [0.2, 0.25) is 0 Å². The fourth-order valence-corrected chi connectivity index (χ4v) is 6.95. The van der Waals surface area contributed by atoms with Gasteiger partial charge in [0.25, 0.3) is 11.6 Å². The largest absolute Gasteiger partial charge is 0.398 e. The molecule has 4 aliphatic rings. The number of carbonyl (C=O) groups is 2. The van der Waals surface area contributed by atoms with Crippen LogP contribution in [0.3, 0.4) is 0 Å². The molecule has 3 aliphatic heterocycles. The predicted octanol–water partition coefficient (Wildman–Crippen LogP) is 4.40. The normalized spacial score (nSPS) is 23.0. The number of rotatable bonds is 6. The standard InChI is InChI=1S/C27H36F2N5O3P.C2H6.C2H2/c1-3-24(35)33-12-16(6-17-9-26(10-17)14-37-15-26)7-18-21(31-2)4-5-34(22(18)13-33)25(36)19-11-32-23(8-20(19)30)27(28,29)38;2*1-2/h3,8,11,16-17,22,31H,1,4-7,9-10,12-15,38H2,2H3,(H2,30,32);1-2H3;1-2H. The van der Waals surface area contributed by atoms with E-state index >= 15 is 0 Å². The molecule has 5 rings (SSSR count). The topological polar surface area (TPSA) is 101 Å². The summed E-state index contributed by atoms with van der Waals surface area (Å²) in [6.45, 7) is 10.8. The Morgan fingerprint density at radius 3 is 2.48 bits per heavy atom. The molecule has 8 nitrogen and oxygen atoms in total. The molecule has 1 saturated carbocycles. The zero-order valence-corrected chi connectivity index (χ0v) is 26.0. The molecule has 4 heterocycles. The van der Waals surface area contributed by atoms with Gasteiger partial charge in [0, 0.05) is 56.1 Å². The average Bonchev–Trinajstić information content (AvgIpc) is 3.14. The minimum Gasteiger partial charge on any atom is -0.398 e. The number of nitrogens with one attached hydrogen (secondary N) is 1. The van der Waals surface area contributed by atoms with E-state index in [1.807, 2.05) is 20.9 Å². The van der Waals surface area contributed by atoms with Gasteiger partial charge in [-0.15, -0.1) is 12.8 Å². The molecule has 1 aromatic heterocycles. The van der Waals surface area contributed by atoms with Crippen molar-refractivity contribution in [2.75, 3.05) is 45.6 Å². The SMILES string of the molecule is C#C.C=CC(=O)N1CC(CC2CC3(COC3)C2)CC2=C(NC)CCN(C(=O)c3cnc(C(F)(F)P)cc3N)C2C1.CC. The Morgan fingerprint density at radius 1 is 1.29 bits per heavy atom. The highest BCUT2D eigenvalue weighted by Crippen LogP contribution is 2.53. The molecule has 1 spiro atoms. The number of fused-ring (bicyclic) bond motifs is 1. The van der Waals surface area contributed by atoms with Crippen molar-refractivity contribution in [3.8, 4) is 12.8 Å². The van der Waals surface area contributed by atoms with Gasteiger partial charge in [-0.05, 0) is 55.2 Å². The van der Waals surface area contributed by atoms with Gasteiger partial charge in [0.15, 0.2) is 0 Å². The van der Waals surface area contributed by atoms with Gasteiger partial charge in [-0.3, -0.25) is 14.6 Å². The molecule has 3 fully saturated rings. The second kappa shape index (κ2) is 14.0. The number of likely N-dealkylation sites (tertiary alicyclic amines) is 1. The third-order valence-electron chi connectivity index (χ3n) is 8.63. The molecule has 0 aromatic carbocycles. The van der Waals surface area contributed by atoms with Crippen LogP contribution in [-0.2, 0) is 15.2 Å². The van der Waals surface area contributed by atoms with Crippen LogP contribution in [0, 0.1) is 30.1 Å². The minimum atomic E-state index is -3.24. The number of hydrogen-bond acceptors (Lipinski definition) is 6. The van der Waals surface area contributed by atoms with Gasteiger partial charge in [0.2, 0.25) is 5.91 Å². The monoisotopic (exact) mass is 603 g/mol. The number of anilines is 1. The molecule has 0 radical (unpaired) electrons. The minimum absolute atomic E-state index is 0.0449. The molecule has 0 bridgehead atoms. The van der Waals surface area contributed by atoms with Crippen molar-refractivity contribution in [1.82, 2.24) is 20.1 Å². The summed E-state index contributed by atoms with van der Waals surface area (Å²) in [4.78, 5) is 34.0. The Balaban J connectivity index is 0.00000116. The lowest BCUT2D eigenvalue weighted by atomic mass is 9.58. The number of nitrogens with two attached hydrogens (primary N) is 1. The molecule has 11 heteroatoms. The van der Waals surface area contributed by atoms with Gasteiger partial charge in [0.05, 0.1) is 24.8 Å². The number of aromatic nitrogens is 1. The van der Waals surface area contributed by atoms with E-state index in [0.29, 0.717) is 37.4 Å². The summed E-state index contributed by atoms with van der Waals surface area (Å²) in [6.07, 6.45) is 15.2. The van der Waals surface area contributed by atoms with Gasteiger partial charge in [0.1, 0.15) is 5.69 Å². The summed E-state index contributed by atoms with van der Waals surface area (Å²) in [7, 11) is 3.32. The summed E-state index contributed by atoms with van der Waals surface area (Å²) in [5.74, 6) is 0.337. The molecule has 42 heavy (non-hydrogen) atoms. The summed E-state index contributed by atoms with van der Waals surface area (Å²) < 4.78 is 32.9. The smallest absolute Gasteiger partial charge is 0.300 e. The van der Waals surface area contributed by atoms with Gasteiger partial charge in [-0.25, -0.2) is 0 Å². The lowest BCUT2D eigenvalue weighted by Crippen LogP contribution is -2.52. The van der Waals surface area contributed by atoms with Crippen LogP contribution in [0.1, 0.15) is 62.0 Å². The number of alkyl halides is 2. The van der Waals surface area contributed by atoms with Gasteiger partial charge in [-0.2, -0.15) is 8.78 Å². The summed E-state index contributed by atoms with van der Waals surface area (Å²) in [6, 6.07) is 0.692. The van der Waals surface area contributed by atoms with E-state index in [1.54, 1.807) is 9.80 Å². The summed E-state index contributed by atoms with van der Waals surface area (Å²) >= 11 is 0. The maximum Gasteiger partial charge on any atom is 0.300 e. The van der Waals surface area contributed by atoms with E-state index in [0.717, 1.165) is 49.6 Å². The van der Waals surface area contributed by atoms with Crippen molar-refractivity contribution in [2.45, 2.75) is 57.7 Å². The van der Waals surface area contributed by atoms with E-state index in [-0.39, 0.29) is 35.0 Å². The van der Waals surface area contributed by atoms with E-state index in [1.165, 1.54) is 28.2 Å². The number of nitrogen functional groups attached to an aromatic ring is 1. The maximum atomic E-state index is 13.8. The van der Waals surface area contributed by atoms with Crippen LogP contribution in [0.25, 0.3) is 0 Å². The highest BCUT2D eigenvalue weighted by Gasteiger charge is 2.50. The fraction of sp³-hybridized carbons (Fsp3) is 0.581.